The molecular weight excluding hydrogens is 503 g/mol. The van der Waals surface area contributed by atoms with Gasteiger partial charge in [0, 0.05) is 42.7 Å². The van der Waals surface area contributed by atoms with Gasteiger partial charge in [0.1, 0.15) is 17.6 Å². The van der Waals surface area contributed by atoms with Gasteiger partial charge in [0.2, 0.25) is 0 Å². The van der Waals surface area contributed by atoms with E-state index in [1.807, 2.05) is 0 Å². The molecule has 3 aromatic rings. The lowest BCUT2D eigenvalue weighted by atomic mass is 9.71. The van der Waals surface area contributed by atoms with Gasteiger partial charge in [-0.25, -0.2) is 13.2 Å². The van der Waals surface area contributed by atoms with E-state index in [0.29, 0.717) is 23.4 Å². The second-order valence-corrected chi connectivity index (χ2v) is 10.4. The fourth-order valence-corrected chi connectivity index (χ4v) is 5.86. The number of carbonyl (C=O) groups excluding carboxylic acids is 3. The Morgan fingerprint density at radius 2 is 2.03 bits per heavy atom. The number of H-pyrrole nitrogens is 1. The molecule has 3 N–H and O–H groups in total. The second-order valence-electron chi connectivity index (χ2n) is 10.4. The molecular formula is C25H24F3N7O3. The molecule has 6 rings (SSSR count). The number of nitrogens with zero attached hydrogens (tertiary/aromatic N) is 4. The van der Waals surface area contributed by atoms with Crippen LogP contribution in [0.1, 0.15) is 81.9 Å². The highest BCUT2D eigenvalue weighted by Crippen LogP contribution is 2.55. The molecule has 3 atom stereocenters. The molecule has 0 bridgehead atoms. The molecule has 1 aliphatic heterocycles. The molecule has 0 spiro atoms. The summed E-state index contributed by atoms with van der Waals surface area (Å²) in [5.74, 6) is -5.21. The third-order valence-electron chi connectivity index (χ3n) is 7.70. The Bertz CT molecular complexity index is 1470. The first-order valence-electron chi connectivity index (χ1n) is 12.3. The Kier molecular flexibility index (Phi) is 5.27. The summed E-state index contributed by atoms with van der Waals surface area (Å²) in [5, 5.41) is 15.0. The molecule has 38 heavy (non-hydrogen) atoms. The topological polar surface area (TPSA) is 135 Å². The number of ketones is 1. The number of aromatic amines is 1. The predicted molar refractivity (Wildman–Crippen MR) is 126 cm³/mol. The standard InChI is InChI=1S/C25H24F3N7O3/c1-11-19(21(36)23(38)32-24(9-25(27,28)10-24)18-8-30-34-33-18)17-6-13-5-16(13)35(17)20(11)22(37)31-14-3-4-29-15(7-14)12(2)26/h3-4,7-8,12-13,16H,5-6,9-10H2,1-2H3,(H,32,38)(H,29,31,37)(H,30,33,34)/t12?,13-,16-/m1/s1. The van der Waals surface area contributed by atoms with Crippen LogP contribution in [-0.4, -0.2) is 48.5 Å². The number of nitrogens with one attached hydrogen (secondary N) is 3. The van der Waals surface area contributed by atoms with Crippen molar-refractivity contribution in [2.24, 2.45) is 5.92 Å². The molecule has 198 valence electrons. The molecule has 2 amide bonds. The number of amides is 2. The Balaban J connectivity index is 1.30. The van der Waals surface area contributed by atoms with Gasteiger partial charge < -0.3 is 15.2 Å². The van der Waals surface area contributed by atoms with E-state index in [9.17, 15) is 27.6 Å². The highest BCUT2D eigenvalue weighted by molar-refractivity contribution is 6.44. The highest BCUT2D eigenvalue weighted by atomic mass is 19.3. The molecule has 2 saturated carbocycles. The molecule has 0 saturated heterocycles. The maximum Gasteiger partial charge on any atom is 0.293 e. The van der Waals surface area contributed by atoms with Gasteiger partial charge in [-0.2, -0.15) is 0 Å². The maximum atomic E-state index is 13.9. The highest BCUT2D eigenvalue weighted by Gasteiger charge is 2.60. The molecule has 0 aromatic carbocycles. The summed E-state index contributed by atoms with van der Waals surface area (Å²) in [6.45, 7) is 2.93. The van der Waals surface area contributed by atoms with Gasteiger partial charge in [0.15, 0.2) is 0 Å². The maximum absolute atomic E-state index is 13.9. The van der Waals surface area contributed by atoms with E-state index >= 15 is 0 Å². The summed E-state index contributed by atoms with van der Waals surface area (Å²) in [5.41, 5.74) is 0.358. The minimum Gasteiger partial charge on any atom is -0.337 e. The quantitative estimate of drug-likeness (QED) is 0.319. The van der Waals surface area contributed by atoms with Crippen LogP contribution in [0.15, 0.2) is 24.5 Å². The molecule has 3 aliphatic rings. The number of pyridine rings is 1. The summed E-state index contributed by atoms with van der Waals surface area (Å²) in [7, 11) is 0. The molecule has 10 nitrogen and oxygen atoms in total. The molecule has 0 radical (unpaired) electrons. The minimum absolute atomic E-state index is 0.0414. The lowest BCUT2D eigenvalue weighted by Crippen LogP contribution is -2.61. The number of alkyl halides is 3. The second kappa shape index (κ2) is 8.23. The molecule has 13 heteroatoms. The molecule has 4 heterocycles. The minimum atomic E-state index is -3.01. The number of anilines is 1. The molecule has 3 aromatic heterocycles. The number of rotatable bonds is 7. The molecule has 2 aliphatic carbocycles. The number of carbonyl (C=O) groups is 3. The summed E-state index contributed by atoms with van der Waals surface area (Å²) < 4.78 is 43.3. The lowest BCUT2D eigenvalue weighted by Gasteiger charge is -2.46. The number of hydrogen-bond donors (Lipinski definition) is 3. The zero-order valence-corrected chi connectivity index (χ0v) is 20.5. The van der Waals surface area contributed by atoms with Crippen LogP contribution in [0.25, 0.3) is 0 Å². The third-order valence-corrected chi connectivity index (χ3v) is 7.70. The van der Waals surface area contributed by atoms with Crippen molar-refractivity contribution < 1.29 is 27.6 Å². The number of fused-ring (bicyclic) bond motifs is 3. The number of halogens is 3. The molecule has 1 unspecified atom stereocenters. The fourth-order valence-electron chi connectivity index (χ4n) is 5.86. The van der Waals surface area contributed by atoms with Gasteiger partial charge in [-0.1, -0.05) is 5.21 Å². The summed E-state index contributed by atoms with van der Waals surface area (Å²) >= 11 is 0. The van der Waals surface area contributed by atoms with Gasteiger partial charge in [0.25, 0.3) is 23.5 Å². The van der Waals surface area contributed by atoms with Crippen molar-refractivity contribution in [1.82, 2.24) is 30.3 Å². The van der Waals surface area contributed by atoms with Crippen LogP contribution in [-0.2, 0) is 16.8 Å². The van der Waals surface area contributed by atoms with E-state index in [-0.39, 0.29) is 34.6 Å². The fraction of sp³-hybridized carbons (Fsp3) is 0.440. The van der Waals surface area contributed by atoms with Gasteiger partial charge in [-0.15, -0.1) is 5.10 Å². The smallest absolute Gasteiger partial charge is 0.293 e. The third kappa shape index (κ3) is 3.79. The summed E-state index contributed by atoms with van der Waals surface area (Å²) in [6, 6.07) is 3.01. The van der Waals surface area contributed by atoms with Gasteiger partial charge in [-0.3, -0.25) is 24.5 Å². The van der Waals surface area contributed by atoms with Crippen molar-refractivity contribution in [2.45, 2.75) is 63.2 Å². The van der Waals surface area contributed by atoms with Crippen LogP contribution in [0.5, 0.6) is 0 Å². The Labute approximate surface area is 214 Å². The first kappa shape index (κ1) is 24.3. The van der Waals surface area contributed by atoms with E-state index in [4.69, 9.17) is 0 Å². The number of aromatic nitrogens is 5. The Hall–Kier alpha value is -4.03. The normalized spacial score (nSPS) is 22.6. The van der Waals surface area contributed by atoms with Crippen LogP contribution in [0.2, 0.25) is 0 Å². The first-order chi connectivity index (χ1) is 18.0. The first-order valence-corrected chi connectivity index (χ1v) is 12.3. The van der Waals surface area contributed by atoms with Crippen molar-refractivity contribution >= 4 is 23.3 Å². The van der Waals surface area contributed by atoms with E-state index in [1.165, 1.54) is 31.5 Å². The Morgan fingerprint density at radius 1 is 1.26 bits per heavy atom. The van der Waals surface area contributed by atoms with Crippen molar-refractivity contribution in [1.29, 1.82) is 0 Å². The predicted octanol–water partition coefficient (Wildman–Crippen LogP) is 3.33. The van der Waals surface area contributed by atoms with Gasteiger partial charge in [-0.05, 0) is 50.3 Å². The average Bonchev–Trinajstić information content (AvgIpc) is 3.17. The van der Waals surface area contributed by atoms with Crippen LogP contribution < -0.4 is 10.6 Å². The van der Waals surface area contributed by atoms with Crippen LogP contribution >= 0.6 is 0 Å². The molecule has 2 fully saturated rings. The van der Waals surface area contributed by atoms with Crippen LogP contribution in [0.4, 0.5) is 18.9 Å². The van der Waals surface area contributed by atoms with Crippen molar-refractivity contribution in [3.63, 3.8) is 0 Å². The zero-order chi connectivity index (χ0) is 27.0. The SMILES string of the molecule is Cc1c(C(=O)C(=O)NC2(c3c[nH]nn3)CC(F)(F)C2)c2n(c1C(=O)Nc1ccnc(C(C)F)c1)[C@@H]1C[C@@H]1C2. The van der Waals surface area contributed by atoms with Crippen LogP contribution in [0, 0.1) is 12.8 Å². The average molecular weight is 528 g/mol. The summed E-state index contributed by atoms with van der Waals surface area (Å²) in [4.78, 5) is 44.0. The van der Waals surface area contributed by atoms with Gasteiger partial charge >= 0.3 is 0 Å². The monoisotopic (exact) mass is 527 g/mol. The van der Waals surface area contributed by atoms with Crippen molar-refractivity contribution in [3.05, 3.63) is 58.4 Å². The van der Waals surface area contributed by atoms with Gasteiger partial charge in [0.05, 0.1) is 16.8 Å². The number of hydrogen-bond acceptors (Lipinski definition) is 6. The van der Waals surface area contributed by atoms with E-state index < -0.39 is 48.1 Å². The Morgan fingerprint density at radius 3 is 2.68 bits per heavy atom. The van der Waals surface area contributed by atoms with E-state index in [2.05, 4.69) is 31.0 Å². The van der Waals surface area contributed by atoms with Crippen LogP contribution in [0.3, 0.4) is 0 Å². The largest absolute Gasteiger partial charge is 0.337 e. The van der Waals surface area contributed by atoms with Crippen molar-refractivity contribution in [2.75, 3.05) is 5.32 Å². The van der Waals surface area contributed by atoms with E-state index in [1.54, 1.807) is 11.5 Å². The van der Waals surface area contributed by atoms with E-state index in [0.717, 1.165) is 6.42 Å². The number of Topliss-reactive ketones (excluding diaryl/α,β-unsaturated/α-hetero) is 1. The lowest BCUT2D eigenvalue weighted by molar-refractivity contribution is -0.148. The summed E-state index contributed by atoms with van der Waals surface area (Å²) in [6.07, 6.45) is 1.34. The van der Waals surface area contributed by atoms with Crippen molar-refractivity contribution in [3.8, 4) is 0 Å². The zero-order valence-electron chi connectivity index (χ0n) is 20.5.